The molecule has 5 nitrogen and oxygen atoms in total. The highest BCUT2D eigenvalue weighted by atomic mass is 32.2. The molecule has 3 rings (SSSR count). The number of hydrogen-bond acceptors (Lipinski definition) is 4. The average Bonchev–Trinajstić information content (AvgIpc) is 3.22. The Kier molecular flexibility index (Phi) is 3.06. The van der Waals surface area contributed by atoms with Crippen molar-refractivity contribution in [2.24, 2.45) is 0 Å². The van der Waals surface area contributed by atoms with E-state index in [0.29, 0.717) is 25.8 Å². The number of carbonyl (C=O) groups excluding carboxylic acids is 1. The number of amides is 1. The molecule has 1 fully saturated rings. The van der Waals surface area contributed by atoms with Crippen molar-refractivity contribution >= 4 is 15.9 Å². The van der Waals surface area contributed by atoms with Crippen molar-refractivity contribution in [3.8, 4) is 0 Å². The Hall–Kier alpha value is -1.40. The molecule has 1 atom stereocenters. The van der Waals surface area contributed by atoms with E-state index in [2.05, 4.69) is 10.0 Å². The second-order valence-corrected chi connectivity index (χ2v) is 7.08. The van der Waals surface area contributed by atoms with Gasteiger partial charge in [-0.05, 0) is 30.4 Å². The van der Waals surface area contributed by atoms with Crippen molar-refractivity contribution in [1.29, 1.82) is 0 Å². The van der Waals surface area contributed by atoms with Gasteiger partial charge < -0.3 is 5.32 Å². The summed E-state index contributed by atoms with van der Waals surface area (Å²) in [6.07, 6.45) is 1.84. The van der Waals surface area contributed by atoms with E-state index in [9.17, 15) is 13.2 Å². The molecule has 6 heteroatoms. The molecule has 0 aromatic heterocycles. The molecule has 0 bridgehead atoms. The zero-order valence-electron chi connectivity index (χ0n) is 10.4. The monoisotopic (exact) mass is 280 g/mol. The maximum atomic E-state index is 12.0. The highest BCUT2D eigenvalue weighted by Gasteiger charge is 2.38. The van der Waals surface area contributed by atoms with Crippen LogP contribution in [0.1, 0.15) is 24.0 Å². The van der Waals surface area contributed by atoms with Gasteiger partial charge in [-0.2, -0.15) is 0 Å². The zero-order valence-corrected chi connectivity index (χ0v) is 11.2. The van der Waals surface area contributed by atoms with Gasteiger partial charge in [0.25, 0.3) is 5.91 Å². The highest BCUT2D eigenvalue weighted by molar-refractivity contribution is 7.90. The van der Waals surface area contributed by atoms with Crippen LogP contribution in [-0.4, -0.2) is 25.6 Å². The molecule has 1 heterocycles. The Morgan fingerprint density at radius 2 is 1.89 bits per heavy atom. The van der Waals surface area contributed by atoms with E-state index in [1.807, 2.05) is 24.3 Å². The first kappa shape index (κ1) is 12.6. The molecule has 0 radical (unpaired) electrons. The van der Waals surface area contributed by atoms with Crippen LogP contribution in [0.5, 0.6) is 0 Å². The second kappa shape index (κ2) is 4.61. The van der Waals surface area contributed by atoms with E-state index in [1.165, 1.54) is 0 Å². The second-order valence-electron chi connectivity index (χ2n) is 5.12. The van der Waals surface area contributed by atoms with E-state index >= 15 is 0 Å². The quantitative estimate of drug-likeness (QED) is 0.835. The predicted octanol–water partition coefficient (Wildman–Crippen LogP) is 0.309. The molecule has 1 aliphatic heterocycles. The number of carbonyl (C=O) groups is 1. The van der Waals surface area contributed by atoms with Gasteiger partial charge in [0, 0.05) is 6.54 Å². The fourth-order valence-electron chi connectivity index (χ4n) is 2.31. The molecule has 1 saturated carbocycles. The Morgan fingerprint density at radius 1 is 1.21 bits per heavy atom. The third kappa shape index (κ3) is 2.64. The summed E-state index contributed by atoms with van der Waals surface area (Å²) in [7, 11) is -3.45. The fourth-order valence-corrected chi connectivity index (χ4v) is 3.66. The van der Waals surface area contributed by atoms with E-state index in [-0.39, 0.29) is 5.25 Å². The van der Waals surface area contributed by atoms with Crippen molar-refractivity contribution in [2.45, 2.75) is 37.1 Å². The summed E-state index contributed by atoms with van der Waals surface area (Å²) in [5, 5.41) is 2.71. The molecular formula is C13H16N2O3S. The number of fused-ring (bicyclic) bond motifs is 1. The summed E-state index contributed by atoms with van der Waals surface area (Å²) >= 11 is 0. The Morgan fingerprint density at radius 3 is 2.58 bits per heavy atom. The normalized spacial score (nSPS) is 22.6. The molecule has 102 valence electrons. The van der Waals surface area contributed by atoms with Gasteiger partial charge in [-0.25, -0.2) is 8.42 Å². The lowest BCUT2D eigenvalue weighted by molar-refractivity contribution is -0.121. The molecule has 1 amide bonds. The smallest absolute Gasteiger partial charge is 0.250 e. The summed E-state index contributed by atoms with van der Waals surface area (Å²) in [6.45, 7) is 0.595. The summed E-state index contributed by atoms with van der Waals surface area (Å²) in [5.74, 6) is -0.443. The molecule has 2 N–H and O–H groups in total. The minimum Gasteiger partial charge on any atom is -0.301 e. The lowest BCUT2D eigenvalue weighted by Gasteiger charge is -2.25. The van der Waals surface area contributed by atoms with Crippen LogP contribution < -0.4 is 10.0 Å². The van der Waals surface area contributed by atoms with Gasteiger partial charge in [0.15, 0.2) is 0 Å². The van der Waals surface area contributed by atoms with Crippen molar-refractivity contribution in [1.82, 2.24) is 10.0 Å². The molecule has 1 aromatic carbocycles. The Bertz CT molecular complexity index is 608. The van der Waals surface area contributed by atoms with Crippen LogP contribution in [0.4, 0.5) is 0 Å². The van der Waals surface area contributed by atoms with Crippen LogP contribution in [0.15, 0.2) is 24.3 Å². The number of benzene rings is 1. The summed E-state index contributed by atoms with van der Waals surface area (Å²) in [6, 6.07) is 7.41. The molecule has 0 saturated heterocycles. The summed E-state index contributed by atoms with van der Waals surface area (Å²) in [4.78, 5) is 12.0. The van der Waals surface area contributed by atoms with Crippen LogP contribution in [-0.2, 0) is 27.8 Å². The van der Waals surface area contributed by atoms with Crippen LogP contribution in [0.2, 0.25) is 0 Å². The molecule has 1 aliphatic carbocycles. The first-order valence-corrected chi connectivity index (χ1v) is 7.96. The van der Waals surface area contributed by atoms with E-state index in [0.717, 1.165) is 11.1 Å². The van der Waals surface area contributed by atoms with E-state index in [1.54, 1.807) is 0 Å². The van der Waals surface area contributed by atoms with Crippen LogP contribution in [0.3, 0.4) is 0 Å². The van der Waals surface area contributed by atoms with Gasteiger partial charge in [0.2, 0.25) is 10.0 Å². The standard InChI is InChI=1S/C13H16N2O3S/c16-13(15-19(17,18)11-5-6-11)12-7-9-3-1-2-4-10(9)8-14-12/h1-4,11-12,14H,5-8H2,(H,15,16)/t12-/m0/s1. The fraction of sp³-hybridized carbons (Fsp3) is 0.462. The third-order valence-electron chi connectivity index (χ3n) is 3.60. The molecular weight excluding hydrogens is 264 g/mol. The van der Waals surface area contributed by atoms with Crippen LogP contribution in [0, 0.1) is 0 Å². The summed E-state index contributed by atoms with van der Waals surface area (Å²) < 4.78 is 25.7. The van der Waals surface area contributed by atoms with Gasteiger partial charge >= 0.3 is 0 Å². The predicted molar refractivity (Wildman–Crippen MR) is 70.9 cm³/mol. The number of hydrogen-bond donors (Lipinski definition) is 2. The first-order chi connectivity index (χ1) is 9.06. The molecule has 0 unspecified atom stereocenters. The molecule has 19 heavy (non-hydrogen) atoms. The SMILES string of the molecule is O=C(NS(=O)(=O)C1CC1)[C@@H]1Cc2ccccc2CN1. The lowest BCUT2D eigenvalue weighted by Crippen LogP contribution is -2.49. The summed E-state index contributed by atoms with van der Waals surface area (Å²) in [5.41, 5.74) is 2.27. The van der Waals surface area contributed by atoms with Gasteiger partial charge in [-0.1, -0.05) is 24.3 Å². The third-order valence-corrected chi connectivity index (χ3v) is 5.44. The van der Waals surface area contributed by atoms with Gasteiger partial charge in [-0.15, -0.1) is 0 Å². The minimum absolute atomic E-state index is 0.368. The van der Waals surface area contributed by atoms with Gasteiger partial charge in [0.1, 0.15) is 0 Å². The Labute approximate surface area is 112 Å². The minimum atomic E-state index is -3.45. The van der Waals surface area contributed by atoms with Crippen LogP contribution >= 0.6 is 0 Å². The van der Waals surface area contributed by atoms with Crippen molar-refractivity contribution in [3.63, 3.8) is 0 Å². The lowest BCUT2D eigenvalue weighted by atomic mass is 9.96. The molecule has 2 aliphatic rings. The van der Waals surface area contributed by atoms with Gasteiger partial charge in [-0.3, -0.25) is 9.52 Å². The maximum absolute atomic E-state index is 12.0. The van der Waals surface area contributed by atoms with Crippen molar-refractivity contribution in [3.05, 3.63) is 35.4 Å². The number of sulfonamides is 1. The van der Waals surface area contributed by atoms with E-state index < -0.39 is 22.0 Å². The van der Waals surface area contributed by atoms with Gasteiger partial charge in [0.05, 0.1) is 11.3 Å². The van der Waals surface area contributed by atoms with Crippen molar-refractivity contribution in [2.75, 3.05) is 0 Å². The number of nitrogens with one attached hydrogen (secondary N) is 2. The average molecular weight is 280 g/mol. The van der Waals surface area contributed by atoms with E-state index in [4.69, 9.17) is 0 Å². The number of rotatable bonds is 3. The molecule has 1 aromatic rings. The zero-order chi connectivity index (χ0) is 13.5. The topological polar surface area (TPSA) is 75.3 Å². The largest absolute Gasteiger partial charge is 0.301 e. The van der Waals surface area contributed by atoms with Crippen LogP contribution in [0.25, 0.3) is 0 Å². The van der Waals surface area contributed by atoms with Crippen molar-refractivity contribution < 1.29 is 13.2 Å². The Balaban J connectivity index is 1.69. The molecule has 0 spiro atoms. The highest BCUT2D eigenvalue weighted by Crippen LogP contribution is 2.27. The first-order valence-electron chi connectivity index (χ1n) is 6.42. The maximum Gasteiger partial charge on any atom is 0.250 e.